The topological polar surface area (TPSA) is 43.4 Å². The molecule has 2 rings (SSSR count). The van der Waals surface area contributed by atoms with Crippen molar-refractivity contribution in [2.24, 2.45) is 11.3 Å². The first-order valence-corrected chi connectivity index (χ1v) is 5.32. The molecule has 3 heteroatoms. The number of methoxy groups -OCH3 is 1. The SMILES string of the molecule is COC(=O)[C@H]1CC(=O)C12CCCCC2. The fraction of sp³-hybridized carbons (Fsp3) is 0.818. The monoisotopic (exact) mass is 196 g/mol. The molecule has 0 aliphatic heterocycles. The third kappa shape index (κ3) is 1.18. The van der Waals surface area contributed by atoms with Crippen LogP contribution < -0.4 is 0 Å². The van der Waals surface area contributed by atoms with E-state index in [0.717, 1.165) is 25.7 Å². The number of esters is 1. The Morgan fingerprint density at radius 1 is 1.36 bits per heavy atom. The number of Topliss-reactive ketones (excluding diaryl/α,β-unsaturated/α-hetero) is 1. The molecule has 1 atom stereocenters. The lowest BCUT2D eigenvalue weighted by Gasteiger charge is -2.48. The van der Waals surface area contributed by atoms with Crippen LogP contribution in [0.3, 0.4) is 0 Å². The number of hydrogen-bond donors (Lipinski definition) is 0. The van der Waals surface area contributed by atoms with Crippen molar-refractivity contribution in [3.63, 3.8) is 0 Å². The second-order valence-corrected chi connectivity index (χ2v) is 4.42. The lowest BCUT2D eigenvalue weighted by atomic mass is 9.53. The first-order valence-electron chi connectivity index (χ1n) is 5.32. The van der Waals surface area contributed by atoms with E-state index in [4.69, 9.17) is 4.74 Å². The third-order valence-corrected chi connectivity index (χ3v) is 3.84. The van der Waals surface area contributed by atoms with Crippen molar-refractivity contribution in [3.05, 3.63) is 0 Å². The smallest absolute Gasteiger partial charge is 0.310 e. The summed E-state index contributed by atoms with van der Waals surface area (Å²) in [5.74, 6) is -0.0422. The van der Waals surface area contributed by atoms with Crippen molar-refractivity contribution < 1.29 is 14.3 Å². The summed E-state index contributed by atoms with van der Waals surface area (Å²) in [5, 5.41) is 0. The van der Waals surface area contributed by atoms with Crippen LogP contribution in [0.5, 0.6) is 0 Å². The molecule has 0 radical (unpaired) electrons. The molecule has 2 aliphatic carbocycles. The summed E-state index contributed by atoms with van der Waals surface area (Å²) in [6.07, 6.45) is 5.56. The summed E-state index contributed by atoms with van der Waals surface area (Å²) < 4.78 is 4.74. The highest BCUT2D eigenvalue weighted by Gasteiger charge is 2.58. The largest absolute Gasteiger partial charge is 0.469 e. The molecule has 0 aromatic rings. The number of carbonyl (C=O) groups excluding carboxylic acids is 2. The van der Waals surface area contributed by atoms with Gasteiger partial charge in [0.05, 0.1) is 13.0 Å². The average Bonchev–Trinajstić information content (AvgIpc) is 2.26. The maximum Gasteiger partial charge on any atom is 0.310 e. The van der Waals surface area contributed by atoms with Crippen molar-refractivity contribution >= 4 is 11.8 Å². The molecular weight excluding hydrogens is 180 g/mol. The predicted molar refractivity (Wildman–Crippen MR) is 50.6 cm³/mol. The Hall–Kier alpha value is -0.860. The number of rotatable bonds is 1. The zero-order valence-electron chi connectivity index (χ0n) is 8.54. The van der Waals surface area contributed by atoms with Gasteiger partial charge in [-0.1, -0.05) is 19.3 Å². The lowest BCUT2D eigenvalue weighted by molar-refractivity contribution is -0.170. The molecule has 1 spiro atoms. The summed E-state index contributed by atoms with van der Waals surface area (Å²) in [6, 6.07) is 0. The maximum atomic E-state index is 11.6. The van der Waals surface area contributed by atoms with Gasteiger partial charge in [-0.15, -0.1) is 0 Å². The highest BCUT2D eigenvalue weighted by Crippen LogP contribution is 2.53. The molecule has 2 aliphatic rings. The maximum absolute atomic E-state index is 11.6. The molecule has 2 saturated carbocycles. The number of hydrogen-bond acceptors (Lipinski definition) is 3. The molecule has 3 nitrogen and oxygen atoms in total. The molecule has 2 fully saturated rings. The van der Waals surface area contributed by atoms with Crippen molar-refractivity contribution in [3.8, 4) is 0 Å². The summed E-state index contributed by atoms with van der Waals surface area (Å²) in [4.78, 5) is 23.1. The van der Waals surface area contributed by atoms with E-state index < -0.39 is 0 Å². The van der Waals surface area contributed by atoms with Gasteiger partial charge < -0.3 is 4.74 Å². The van der Waals surface area contributed by atoms with Crippen LogP contribution in [-0.4, -0.2) is 18.9 Å². The van der Waals surface area contributed by atoms with Gasteiger partial charge in [0.1, 0.15) is 5.78 Å². The fourth-order valence-corrected chi connectivity index (χ4v) is 2.91. The molecular formula is C11H16O3. The molecule has 0 amide bonds. The molecule has 0 saturated heterocycles. The standard InChI is InChI=1S/C11H16O3/c1-14-10(13)8-7-9(12)11(8)5-3-2-4-6-11/h8H,2-7H2,1H3/t8-/m1/s1. The van der Waals surface area contributed by atoms with E-state index in [0.29, 0.717) is 6.42 Å². The molecule has 0 aromatic carbocycles. The van der Waals surface area contributed by atoms with Gasteiger partial charge in [-0.3, -0.25) is 9.59 Å². The van der Waals surface area contributed by atoms with Gasteiger partial charge in [-0.05, 0) is 12.8 Å². The first kappa shape index (κ1) is 9.69. The number of ether oxygens (including phenoxy) is 1. The van der Waals surface area contributed by atoms with Crippen molar-refractivity contribution in [2.45, 2.75) is 38.5 Å². The Balaban J connectivity index is 2.14. The molecule has 0 aromatic heterocycles. The molecule has 78 valence electrons. The minimum Gasteiger partial charge on any atom is -0.469 e. The molecule has 0 bridgehead atoms. The Kier molecular flexibility index (Phi) is 2.33. The number of ketones is 1. The lowest BCUT2D eigenvalue weighted by Crippen LogP contribution is -2.54. The second-order valence-electron chi connectivity index (χ2n) is 4.42. The Morgan fingerprint density at radius 2 is 2.00 bits per heavy atom. The summed E-state index contributed by atoms with van der Waals surface area (Å²) in [5.41, 5.74) is -0.314. The summed E-state index contributed by atoms with van der Waals surface area (Å²) in [7, 11) is 1.40. The van der Waals surface area contributed by atoms with Gasteiger partial charge in [0.25, 0.3) is 0 Å². The van der Waals surface area contributed by atoms with Crippen LogP contribution in [0.15, 0.2) is 0 Å². The van der Waals surface area contributed by atoms with Crippen LogP contribution >= 0.6 is 0 Å². The fourth-order valence-electron chi connectivity index (χ4n) is 2.91. The third-order valence-electron chi connectivity index (χ3n) is 3.84. The predicted octanol–water partition coefficient (Wildman–Crippen LogP) is 1.70. The van der Waals surface area contributed by atoms with Gasteiger partial charge in [0.2, 0.25) is 0 Å². The second kappa shape index (κ2) is 3.37. The van der Waals surface area contributed by atoms with E-state index in [1.165, 1.54) is 13.5 Å². The zero-order valence-corrected chi connectivity index (χ0v) is 8.54. The van der Waals surface area contributed by atoms with Crippen LogP contribution in [0.2, 0.25) is 0 Å². The van der Waals surface area contributed by atoms with E-state index in [2.05, 4.69) is 0 Å². The van der Waals surface area contributed by atoms with E-state index in [1.54, 1.807) is 0 Å². The Morgan fingerprint density at radius 3 is 2.50 bits per heavy atom. The van der Waals surface area contributed by atoms with Gasteiger partial charge in [0, 0.05) is 11.8 Å². The van der Waals surface area contributed by atoms with Crippen molar-refractivity contribution in [2.75, 3.05) is 7.11 Å². The van der Waals surface area contributed by atoms with E-state index in [1.807, 2.05) is 0 Å². The Bertz CT molecular complexity index is 262. The van der Waals surface area contributed by atoms with Gasteiger partial charge in [-0.25, -0.2) is 0 Å². The quantitative estimate of drug-likeness (QED) is 0.599. The van der Waals surface area contributed by atoms with Crippen molar-refractivity contribution in [1.29, 1.82) is 0 Å². The number of carbonyl (C=O) groups is 2. The van der Waals surface area contributed by atoms with Crippen molar-refractivity contribution in [1.82, 2.24) is 0 Å². The highest BCUT2D eigenvalue weighted by atomic mass is 16.5. The minimum atomic E-state index is -0.314. The summed E-state index contributed by atoms with van der Waals surface area (Å²) in [6.45, 7) is 0. The van der Waals surface area contributed by atoms with Gasteiger partial charge in [0.15, 0.2) is 0 Å². The molecule has 0 unspecified atom stereocenters. The van der Waals surface area contributed by atoms with Gasteiger partial charge >= 0.3 is 5.97 Å². The highest BCUT2D eigenvalue weighted by molar-refractivity contribution is 5.99. The molecule has 0 heterocycles. The normalized spacial score (nSPS) is 29.8. The van der Waals surface area contributed by atoms with E-state index in [9.17, 15) is 9.59 Å². The van der Waals surface area contributed by atoms with Crippen LogP contribution in [0.1, 0.15) is 38.5 Å². The van der Waals surface area contributed by atoms with E-state index in [-0.39, 0.29) is 23.1 Å². The van der Waals surface area contributed by atoms with Gasteiger partial charge in [-0.2, -0.15) is 0 Å². The Labute approximate surface area is 83.8 Å². The van der Waals surface area contributed by atoms with E-state index >= 15 is 0 Å². The zero-order chi connectivity index (χ0) is 10.2. The minimum absolute atomic E-state index is 0.139. The van der Waals surface area contributed by atoms with Crippen LogP contribution in [0, 0.1) is 11.3 Å². The van der Waals surface area contributed by atoms with Crippen LogP contribution in [-0.2, 0) is 14.3 Å². The average molecular weight is 196 g/mol. The summed E-state index contributed by atoms with van der Waals surface area (Å²) >= 11 is 0. The first-order chi connectivity index (χ1) is 6.70. The van der Waals surface area contributed by atoms with Crippen LogP contribution in [0.4, 0.5) is 0 Å². The molecule has 0 N–H and O–H groups in total. The molecule has 14 heavy (non-hydrogen) atoms. The van der Waals surface area contributed by atoms with Crippen LogP contribution in [0.25, 0.3) is 0 Å².